The molecule has 0 radical (unpaired) electrons. The molecule has 29 heavy (non-hydrogen) atoms. The number of oxazole rings is 1. The second-order valence-corrected chi connectivity index (χ2v) is 7.32. The van der Waals surface area contributed by atoms with Crippen molar-refractivity contribution >= 4 is 17.7 Å². The van der Waals surface area contributed by atoms with Crippen LogP contribution in [0.4, 0.5) is 0 Å². The highest BCUT2D eigenvalue weighted by molar-refractivity contribution is 7.99. The lowest BCUT2D eigenvalue weighted by atomic mass is 10.2. The number of nitrogens with zero attached hydrogens (tertiary/aromatic N) is 1. The predicted octanol–water partition coefficient (Wildman–Crippen LogP) is 4.22. The van der Waals surface area contributed by atoms with E-state index >= 15 is 0 Å². The monoisotopic (exact) mass is 412 g/mol. The number of aryl methyl sites for hydroxylation is 1. The third-order valence-electron chi connectivity index (χ3n) is 4.37. The Morgan fingerprint density at radius 1 is 1.10 bits per heavy atom. The molecule has 0 aliphatic rings. The summed E-state index contributed by atoms with van der Waals surface area (Å²) in [6.07, 6.45) is 0. The average Bonchev–Trinajstić information content (AvgIpc) is 3.13. The van der Waals surface area contributed by atoms with Crippen LogP contribution in [0.15, 0.2) is 52.9 Å². The van der Waals surface area contributed by atoms with Crippen molar-refractivity contribution in [1.82, 2.24) is 10.3 Å². The molecule has 3 aromatic rings. The standard InChI is InChI=1S/C22H24N2O4S/c1-15-19(24-22(28-15)16-8-10-18(26-2)11-9-16)13-29-14-21(25)23-12-17-6-4-5-7-20(17)27-3/h4-11H,12-14H2,1-3H3,(H,23,25). The van der Waals surface area contributed by atoms with Crippen LogP contribution < -0.4 is 14.8 Å². The van der Waals surface area contributed by atoms with Crippen molar-refractivity contribution in [3.8, 4) is 23.0 Å². The lowest BCUT2D eigenvalue weighted by Gasteiger charge is -2.09. The van der Waals surface area contributed by atoms with Gasteiger partial charge in [-0.05, 0) is 37.3 Å². The number of nitrogens with one attached hydrogen (secondary N) is 1. The van der Waals surface area contributed by atoms with E-state index in [1.807, 2.05) is 55.5 Å². The van der Waals surface area contributed by atoms with Crippen LogP contribution in [0.2, 0.25) is 0 Å². The summed E-state index contributed by atoms with van der Waals surface area (Å²) in [5, 5.41) is 2.92. The van der Waals surface area contributed by atoms with Crippen LogP contribution in [0.25, 0.3) is 11.5 Å². The van der Waals surface area contributed by atoms with E-state index in [0.717, 1.165) is 34.1 Å². The summed E-state index contributed by atoms with van der Waals surface area (Å²) in [5.74, 6) is 3.81. The Labute approximate surface area is 174 Å². The molecule has 1 aromatic heterocycles. The maximum absolute atomic E-state index is 12.1. The Hall–Kier alpha value is -2.93. The SMILES string of the molecule is COc1ccc(-c2nc(CSCC(=O)NCc3ccccc3OC)c(C)o2)cc1. The van der Waals surface area contributed by atoms with Crippen LogP contribution in [0.3, 0.4) is 0 Å². The normalized spacial score (nSPS) is 10.6. The van der Waals surface area contributed by atoms with Crippen molar-refractivity contribution in [2.45, 2.75) is 19.2 Å². The number of ether oxygens (including phenoxy) is 2. The molecule has 1 heterocycles. The van der Waals surface area contributed by atoms with Crippen LogP contribution in [-0.4, -0.2) is 30.9 Å². The summed E-state index contributed by atoms with van der Waals surface area (Å²) in [6.45, 7) is 2.33. The number of rotatable bonds is 9. The number of benzene rings is 2. The summed E-state index contributed by atoms with van der Waals surface area (Å²) in [6, 6.07) is 15.2. The predicted molar refractivity (Wildman–Crippen MR) is 114 cm³/mol. The largest absolute Gasteiger partial charge is 0.497 e. The molecule has 0 saturated heterocycles. The van der Waals surface area contributed by atoms with Crippen molar-refractivity contribution in [2.75, 3.05) is 20.0 Å². The maximum atomic E-state index is 12.1. The minimum atomic E-state index is -0.0302. The van der Waals surface area contributed by atoms with Crippen LogP contribution in [-0.2, 0) is 17.1 Å². The maximum Gasteiger partial charge on any atom is 0.230 e. The fraction of sp³-hybridized carbons (Fsp3) is 0.273. The van der Waals surface area contributed by atoms with Crippen LogP contribution >= 0.6 is 11.8 Å². The molecule has 2 aromatic carbocycles. The first-order chi connectivity index (χ1) is 14.1. The second kappa shape index (κ2) is 10.0. The summed E-state index contributed by atoms with van der Waals surface area (Å²) < 4.78 is 16.3. The zero-order valence-electron chi connectivity index (χ0n) is 16.7. The van der Waals surface area contributed by atoms with E-state index in [-0.39, 0.29) is 5.91 Å². The molecule has 0 aliphatic carbocycles. The average molecular weight is 413 g/mol. The van der Waals surface area contributed by atoms with E-state index in [9.17, 15) is 4.79 Å². The van der Waals surface area contributed by atoms with Gasteiger partial charge in [0.05, 0.1) is 25.7 Å². The highest BCUT2D eigenvalue weighted by Crippen LogP contribution is 2.26. The lowest BCUT2D eigenvalue weighted by Crippen LogP contribution is -2.24. The number of amides is 1. The van der Waals surface area contributed by atoms with Gasteiger partial charge in [0.1, 0.15) is 17.3 Å². The van der Waals surface area contributed by atoms with E-state index in [0.29, 0.717) is 23.9 Å². The first-order valence-corrected chi connectivity index (χ1v) is 10.3. The van der Waals surface area contributed by atoms with Crippen LogP contribution in [0.5, 0.6) is 11.5 Å². The lowest BCUT2D eigenvalue weighted by molar-refractivity contribution is -0.118. The van der Waals surface area contributed by atoms with E-state index in [1.54, 1.807) is 14.2 Å². The molecule has 0 spiro atoms. The van der Waals surface area contributed by atoms with Crippen LogP contribution in [0, 0.1) is 6.92 Å². The van der Waals surface area contributed by atoms with Crippen molar-refractivity contribution in [3.63, 3.8) is 0 Å². The molecule has 0 bridgehead atoms. The zero-order chi connectivity index (χ0) is 20.6. The van der Waals surface area contributed by atoms with Crippen molar-refractivity contribution in [3.05, 3.63) is 65.5 Å². The molecule has 1 amide bonds. The molecule has 0 aliphatic heterocycles. The molecule has 3 rings (SSSR count). The number of hydrogen-bond donors (Lipinski definition) is 1. The van der Waals surface area contributed by atoms with Gasteiger partial charge in [0, 0.05) is 23.4 Å². The third-order valence-corrected chi connectivity index (χ3v) is 5.31. The van der Waals surface area contributed by atoms with Gasteiger partial charge < -0.3 is 19.2 Å². The Kier molecular flexibility index (Phi) is 7.19. The van der Waals surface area contributed by atoms with E-state index < -0.39 is 0 Å². The fourth-order valence-electron chi connectivity index (χ4n) is 2.75. The van der Waals surface area contributed by atoms with Crippen LogP contribution in [0.1, 0.15) is 17.0 Å². The third kappa shape index (κ3) is 5.54. The molecule has 0 saturated carbocycles. The number of methoxy groups -OCH3 is 2. The van der Waals surface area contributed by atoms with Gasteiger partial charge in [-0.25, -0.2) is 4.98 Å². The molecule has 0 fully saturated rings. The van der Waals surface area contributed by atoms with E-state index in [4.69, 9.17) is 13.9 Å². The first-order valence-electron chi connectivity index (χ1n) is 9.17. The van der Waals surface area contributed by atoms with Gasteiger partial charge in [-0.15, -0.1) is 11.8 Å². The van der Waals surface area contributed by atoms with Gasteiger partial charge in [0.25, 0.3) is 0 Å². The molecule has 7 heteroatoms. The molecular weight excluding hydrogens is 388 g/mol. The quantitative estimate of drug-likeness (QED) is 0.567. The van der Waals surface area contributed by atoms with E-state index in [1.165, 1.54) is 11.8 Å². The molecule has 6 nitrogen and oxygen atoms in total. The molecular formula is C22H24N2O4S. The molecule has 152 valence electrons. The first kappa shape index (κ1) is 20.8. The number of hydrogen-bond acceptors (Lipinski definition) is 6. The molecule has 1 N–H and O–H groups in total. The van der Waals surface area contributed by atoms with Gasteiger partial charge in [-0.1, -0.05) is 18.2 Å². The Balaban J connectivity index is 1.50. The van der Waals surface area contributed by atoms with Crippen molar-refractivity contribution in [1.29, 1.82) is 0 Å². The number of para-hydroxylation sites is 1. The van der Waals surface area contributed by atoms with Crippen molar-refractivity contribution in [2.24, 2.45) is 0 Å². The number of carbonyl (C=O) groups excluding carboxylic acids is 1. The van der Waals surface area contributed by atoms with Crippen molar-refractivity contribution < 1.29 is 18.7 Å². The Bertz CT molecular complexity index is 954. The Morgan fingerprint density at radius 3 is 2.59 bits per heavy atom. The second-order valence-electron chi connectivity index (χ2n) is 6.33. The number of aromatic nitrogens is 1. The van der Waals surface area contributed by atoms with Gasteiger partial charge in [-0.2, -0.15) is 0 Å². The zero-order valence-corrected chi connectivity index (χ0v) is 17.5. The number of thioether (sulfide) groups is 1. The summed E-state index contributed by atoms with van der Waals surface area (Å²) in [4.78, 5) is 16.7. The highest BCUT2D eigenvalue weighted by Gasteiger charge is 2.13. The van der Waals surface area contributed by atoms with Gasteiger partial charge in [0.15, 0.2) is 0 Å². The van der Waals surface area contributed by atoms with E-state index in [2.05, 4.69) is 10.3 Å². The summed E-state index contributed by atoms with van der Waals surface area (Å²) in [7, 11) is 3.25. The summed E-state index contributed by atoms with van der Waals surface area (Å²) in [5.41, 5.74) is 2.68. The smallest absolute Gasteiger partial charge is 0.230 e. The molecule has 0 unspecified atom stereocenters. The van der Waals surface area contributed by atoms with Gasteiger partial charge in [0.2, 0.25) is 11.8 Å². The minimum Gasteiger partial charge on any atom is -0.497 e. The fourth-order valence-corrected chi connectivity index (χ4v) is 3.60. The molecule has 0 atom stereocenters. The number of carbonyl (C=O) groups is 1. The summed E-state index contributed by atoms with van der Waals surface area (Å²) >= 11 is 1.50. The van der Waals surface area contributed by atoms with Gasteiger partial charge in [-0.3, -0.25) is 4.79 Å². The van der Waals surface area contributed by atoms with Gasteiger partial charge >= 0.3 is 0 Å². The highest BCUT2D eigenvalue weighted by atomic mass is 32.2. The topological polar surface area (TPSA) is 73.6 Å². The minimum absolute atomic E-state index is 0.0302. The Morgan fingerprint density at radius 2 is 1.86 bits per heavy atom.